The van der Waals surface area contributed by atoms with Crippen molar-refractivity contribution < 1.29 is 9.52 Å². The Kier molecular flexibility index (Phi) is 4.66. The summed E-state index contributed by atoms with van der Waals surface area (Å²) in [7, 11) is 1.89. The number of pyridine rings is 1. The number of nitriles is 1. The Balaban J connectivity index is 1.71. The van der Waals surface area contributed by atoms with Gasteiger partial charge in [0, 0.05) is 26.2 Å². The molecule has 0 amide bonds. The summed E-state index contributed by atoms with van der Waals surface area (Å²) < 4.78 is 5.38. The van der Waals surface area contributed by atoms with Crippen LogP contribution in [0.15, 0.2) is 16.7 Å². The van der Waals surface area contributed by atoms with Crippen LogP contribution in [-0.4, -0.2) is 57.5 Å². The largest absolute Gasteiger partial charge is 0.424 e. The zero-order valence-electron chi connectivity index (χ0n) is 13.3. The monoisotopic (exact) mass is 348 g/mol. The molecule has 2 aromatic rings. The van der Waals surface area contributed by atoms with Crippen LogP contribution in [0.2, 0.25) is 5.02 Å². The van der Waals surface area contributed by atoms with E-state index in [9.17, 15) is 5.11 Å². The van der Waals surface area contributed by atoms with Crippen molar-refractivity contribution in [1.82, 2.24) is 20.1 Å². The smallest absolute Gasteiger partial charge is 0.230 e. The fraction of sp³-hybridized carbons (Fsp3) is 0.467. The van der Waals surface area contributed by atoms with E-state index in [0.717, 1.165) is 0 Å². The molecule has 2 atom stereocenters. The Bertz CT molecular complexity index is 774. The highest BCUT2D eigenvalue weighted by Gasteiger charge is 2.36. The van der Waals surface area contributed by atoms with Gasteiger partial charge in [-0.25, -0.2) is 4.98 Å². The first-order chi connectivity index (χ1) is 11.5. The summed E-state index contributed by atoms with van der Waals surface area (Å²) in [4.78, 5) is 8.13. The van der Waals surface area contributed by atoms with Crippen molar-refractivity contribution in [3.05, 3.63) is 34.6 Å². The van der Waals surface area contributed by atoms with Gasteiger partial charge in [0.25, 0.3) is 0 Å². The van der Waals surface area contributed by atoms with Crippen LogP contribution in [0.5, 0.6) is 0 Å². The standard InChI is InChI=1S/C15H17ClN6O2/c1-9-19-20-14(24-9)8-21(2)12-6-22(7-13(12)23)15-11(16)3-10(4-17)5-18-15/h3,5,12-13,23H,6-8H2,1-2H3/t12?,13-/m1/s1. The molecular formula is C15H17ClN6O2. The number of anilines is 1. The van der Waals surface area contributed by atoms with E-state index in [-0.39, 0.29) is 6.04 Å². The van der Waals surface area contributed by atoms with Crippen LogP contribution in [-0.2, 0) is 6.54 Å². The maximum absolute atomic E-state index is 10.4. The third kappa shape index (κ3) is 3.33. The number of hydrogen-bond acceptors (Lipinski definition) is 8. The van der Waals surface area contributed by atoms with Gasteiger partial charge in [-0.05, 0) is 13.1 Å². The van der Waals surface area contributed by atoms with Crippen molar-refractivity contribution in [2.75, 3.05) is 25.0 Å². The van der Waals surface area contributed by atoms with Crippen molar-refractivity contribution in [2.45, 2.75) is 25.6 Å². The fourth-order valence-corrected chi connectivity index (χ4v) is 3.12. The van der Waals surface area contributed by atoms with Crippen molar-refractivity contribution in [2.24, 2.45) is 0 Å². The zero-order valence-corrected chi connectivity index (χ0v) is 14.1. The van der Waals surface area contributed by atoms with Crippen LogP contribution >= 0.6 is 11.6 Å². The molecule has 8 nitrogen and oxygen atoms in total. The van der Waals surface area contributed by atoms with Gasteiger partial charge in [0.05, 0.1) is 29.3 Å². The number of aliphatic hydroxyl groups excluding tert-OH is 1. The molecule has 1 unspecified atom stereocenters. The van der Waals surface area contributed by atoms with E-state index >= 15 is 0 Å². The summed E-state index contributed by atoms with van der Waals surface area (Å²) in [5, 5.41) is 27.5. The van der Waals surface area contributed by atoms with Gasteiger partial charge in [0.15, 0.2) is 0 Å². The van der Waals surface area contributed by atoms with Gasteiger partial charge in [-0.1, -0.05) is 11.6 Å². The van der Waals surface area contributed by atoms with Crippen LogP contribution < -0.4 is 4.90 Å². The molecule has 3 rings (SSSR count). The van der Waals surface area contributed by atoms with Crippen molar-refractivity contribution in [1.29, 1.82) is 5.26 Å². The van der Waals surface area contributed by atoms with E-state index in [0.29, 0.717) is 47.8 Å². The predicted octanol–water partition coefficient (Wildman–Crippen LogP) is 0.980. The third-order valence-electron chi connectivity index (χ3n) is 4.03. The van der Waals surface area contributed by atoms with Gasteiger partial charge in [-0.2, -0.15) is 5.26 Å². The molecule has 0 aliphatic carbocycles. The highest BCUT2D eigenvalue weighted by Crippen LogP contribution is 2.28. The maximum atomic E-state index is 10.4. The zero-order chi connectivity index (χ0) is 17.3. The quantitative estimate of drug-likeness (QED) is 0.872. The number of hydrogen-bond donors (Lipinski definition) is 1. The van der Waals surface area contributed by atoms with Crippen LogP contribution in [0.1, 0.15) is 17.3 Å². The second-order valence-corrected chi connectivity index (χ2v) is 6.22. The minimum atomic E-state index is -0.562. The number of nitrogens with zero attached hydrogens (tertiary/aromatic N) is 6. The van der Waals surface area contributed by atoms with E-state index < -0.39 is 6.10 Å². The highest BCUT2D eigenvalue weighted by atomic mass is 35.5. The van der Waals surface area contributed by atoms with Gasteiger partial charge in [-0.3, -0.25) is 4.90 Å². The number of β-amino-alcohol motifs (C(OH)–C–C–N with tert-alkyl or cyclic N) is 1. The average Bonchev–Trinajstić information content (AvgIpc) is 3.13. The average molecular weight is 349 g/mol. The summed E-state index contributed by atoms with van der Waals surface area (Å²) in [5.41, 5.74) is 0.406. The number of rotatable bonds is 4. The second kappa shape index (κ2) is 6.73. The van der Waals surface area contributed by atoms with Crippen LogP contribution in [0.4, 0.5) is 5.82 Å². The molecule has 1 fully saturated rings. The van der Waals surface area contributed by atoms with Crippen LogP contribution in [0, 0.1) is 18.3 Å². The Morgan fingerprint density at radius 1 is 1.50 bits per heavy atom. The molecule has 3 heterocycles. The highest BCUT2D eigenvalue weighted by molar-refractivity contribution is 6.33. The molecule has 24 heavy (non-hydrogen) atoms. The van der Waals surface area contributed by atoms with E-state index in [1.807, 2.05) is 22.9 Å². The SMILES string of the molecule is Cc1nnc(CN(C)C2CN(c3ncc(C#N)cc3Cl)C[C@H]2O)o1. The van der Waals surface area contributed by atoms with Gasteiger partial charge in [0.2, 0.25) is 11.8 Å². The fourth-order valence-electron chi connectivity index (χ4n) is 2.83. The van der Waals surface area contributed by atoms with Crippen LogP contribution in [0.25, 0.3) is 0 Å². The molecular weight excluding hydrogens is 332 g/mol. The number of halogens is 1. The van der Waals surface area contributed by atoms with Gasteiger partial charge >= 0.3 is 0 Å². The van der Waals surface area contributed by atoms with Crippen molar-refractivity contribution >= 4 is 17.4 Å². The van der Waals surface area contributed by atoms with E-state index in [1.54, 1.807) is 13.0 Å². The first-order valence-electron chi connectivity index (χ1n) is 7.46. The Labute approximate surface area is 144 Å². The Morgan fingerprint density at radius 2 is 2.29 bits per heavy atom. The van der Waals surface area contributed by atoms with E-state index in [1.165, 1.54) is 6.20 Å². The lowest BCUT2D eigenvalue weighted by molar-refractivity contribution is 0.0903. The van der Waals surface area contributed by atoms with Gasteiger partial charge in [-0.15, -0.1) is 10.2 Å². The number of likely N-dealkylation sites (N-methyl/N-ethyl adjacent to an activating group) is 1. The number of aliphatic hydroxyl groups is 1. The summed E-state index contributed by atoms with van der Waals surface area (Å²) in [6.45, 7) is 3.16. The van der Waals surface area contributed by atoms with Crippen molar-refractivity contribution in [3.8, 4) is 6.07 Å². The molecule has 0 aromatic carbocycles. The normalized spacial score (nSPS) is 20.6. The first-order valence-corrected chi connectivity index (χ1v) is 7.83. The molecule has 0 spiro atoms. The molecule has 2 aromatic heterocycles. The van der Waals surface area contributed by atoms with Gasteiger partial charge in [0.1, 0.15) is 11.9 Å². The topological polar surface area (TPSA) is 102 Å². The Morgan fingerprint density at radius 3 is 2.92 bits per heavy atom. The number of aromatic nitrogens is 3. The van der Waals surface area contributed by atoms with Gasteiger partial charge < -0.3 is 14.4 Å². The molecule has 1 aliphatic rings. The molecule has 0 radical (unpaired) electrons. The minimum Gasteiger partial charge on any atom is -0.424 e. The third-order valence-corrected chi connectivity index (χ3v) is 4.31. The van der Waals surface area contributed by atoms with Crippen molar-refractivity contribution in [3.63, 3.8) is 0 Å². The molecule has 1 saturated heterocycles. The molecule has 1 aliphatic heterocycles. The predicted molar refractivity (Wildman–Crippen MR) is 86.5 cm³/mol. The Hall–Kier alpha value is -2.21. The molecule has 126 valence electrons. The van der Waals surface area contributed by atoms with Crippen LogP contribution in [0.3, 0.4) is 0 Å². The van der Waals surface area contributed by atoms with E-state index in [2.05, 4.69) is 15.2 Å². The minimum absolute atomic E-state index is 0.120. The lowest BCUT2D eigenvalue weighted by atomic mass is 10.2. The first kappa shape index (κ1) is 16.6. The maximum Gasteiger partial charge on any atom is 0.230 e. The summed E-state index contributed by atoms with van der Waals surface area (Å²) in [5.74, 6) is 1.59. The number of aryl methyl sites for hydroxylation is 1. The molecule has 1 N–H and O–H groups in total. The molecule has 0 bridgehead atoms. The lowest BCUT2D eigenvalue weighted by Gasteiger charge is -2.25. The molecule has 0 saturated carbocycles. The molecule has 9 heteroatoms. The second-order valence-electron chi connectivity index (χ2n) is 5.81. The lowest BCUT2D eigenvalue weighted by Crippen LogP contribution is -2.40. The summed E-state index contributed by atoms with van der Waals surface area (Å²) >= 11 is 6.21. The summed E-state index contributed by atoms with van der Waals surface area (Å²) in [6.07, 6.45) is 0.916. The van der Waals surface area contributed by atoms with E-state index in [4.69, 9.17) is 21.3 Å². The summed E-state index contributed by atoms with van der Waals surface area (Å²) in [6, 6.07) is 3.46.